The summed E-state index contributed by atoms with van der Waals surface area (Å²) in [6, 6.07) is 4.24. The van der Waals surface area contributed by atoms with Crippen LogP contribution in [0.15, 0.2) is 18.2 Å². The lowest BCUT2D eigenvalue weighted by Crippen LogP contribution is -2.15. The van der Waals surface area contributed by atoms with Gasteiger partial charge in [-0.2, -0.15) is 0 Å². The summed E-state index contributed by atoms with van der Waals surface area (Å²) in [5, 5.41) is 15.8. The molecule has 2 N–H and O–H groups in total. The number of nitrogens with zero attached hydrogens (tertiary/aromatic N) is 2. The van der Waals surface area contributed by atoms with Crippen molar-refractivity contribution >= 4 is 40.7 Å². The molecular weight excluding hydrogens is 302 g/mol. The summed E-state index contributed by atoms with van der Waals surface area (Å²) in [6.45, 7) is 1.86. The highest BCUT2D eigenvalue weighted by molar-refractivity contribution is 7.08. The summed E-state index contributed by atoms with van der Waals surface area (Å²) in [5.74, 6) is -1.59. The maximum absolute atomic E-state index is 12.1. The van der Waals surface area contributed by atoms with E-state index in [2.05, 4.69) is 14.9 Å². The summed E-state index contributed by atoms with van der Waals surface area (Å²) in [6.07, 6.45) is 0.575. The van der Waals surface area contributed by atoms with Crippen LogP contribution >= 0.6 is 23.1 Å². The summed E-state index contributed by atoms with van der Waals surface area (Å²) >= 11 is 6.72. The molecule has 0 unspecified atom stereocenters. The molecular formula is C12H10ClN3O3S. The number of carbonyl (C=O) groups is 2. The van der Waals surface area contributed by atoms with Gasteiger partial charge in [0.15, 0.2) is 0 Å². The van der Waals surface area contributed by atoms with Crippen molar-refractivity contribution in [3.8, 4) is 0 Å². The van der Waals surface area contributed by atoms with Crippen molar-refractivity contribution in [2.45, 2.75) is 13.3 Å². The molecule has 1 aromatic carbocycles. The number of amides is 1. The molecule has 0 spiro atoms. The Balaban J connectivity index is 2.31. The fraction of sp³-hybridized carbons (Fsp3) is 0.167. The fourth-order valence-electron chi connectivity index (χ4n) is 1.59. The Morgan fingerprint density at radius 3 is 2.85 bits per heavy atom. The van der Waals surface area contributed by atoms with E-state index >= 15 is 0 Å². The number of benzene rings is 1. The molecule has 8 heteroatoms. The molecule has 0 aliphatic rings. The molecule has 0 radical (unpaired) electrons. The predicted octanol–water partition coefficient (Wildman–Crippen LogP) is 2.70. The molecule has 2 rings (SSSR count). The van der Waals surface area contributed by atoms with Crippen LogP contribution in [0.3, 0.4) is 0 Å². The standard InChI is InChI=1S/C12H10ClN3O3S/c1-2-8-10(20-16-15-8)11(17)14-9-4-3-6(13)5-7(9)12(18)19/h3-5H,2H2,1H3,(H,14,17)(H,18,19). The molecule has 0 atom stereocenters. The largest absolute Gasteiger partial charge is 0.478 e. The van der Waals surface area contributed by atoms with Crippen LogP contribution in [0.1, 0.15) is 32.6 Å². The number of nitrogens with one attached hydrogen (secondary N) is 1. The van der Waals surface area contributed by atoms with Crippen molar-refractivity contribution in [1.29, 1.82) is 0 Å². The van der Waals surface area contributed by atoms with Gasteiger partial charge in [0.1, 0.15) is 4.88 Å². The van der Waals surface area contributed by atoms with Crippen LogP contribution in [0, 0.1) is 0 Å². The molecule has 0 bridgehead atoms. The third-order valence-electron chi connectivity index (χ3n) is 2.56. The van der Waals surface area contributed by atoms with E-state index in [0.29, 0.717) is 17.0 Å². The summed E-state index contributed by atoms with van der Waals surface area (Å²) in [5.41, 5.74) is 0.696. The third-order valence-corrected chi connectivity index (χ3v) is 3.56. The molecule has 0 aliphatic heterocycles. The van der Waals surface area contributed by atoms with E-state index in [1.165, 1.54) is 18.2 Å². The minimum atomic E-state index is -1.17. The molecule has 6 nitrogen and oxygen atoms in total. The Hall–Kier alpha value is -1.99. The van der Waals surface area contributed by atoms with Crippen LogP contribution in [-0.2, 0) is 6.42 Å². The lowest BCUT2D eigenvalue weighted by molar-refractivity contribution is 0.0698. The highest BCUT2D eigenvalue weighted by Gasteiger charge is 2.18. The van der Waals surface area contributed by atoms with Gasteiger partial charge in [-0.05, 0) is 36.2 Å². The first-order valence-electron chi connectivity index (χ1n) is 5.68. The maximum atomic E-state index is 12.1. The first-order valence-corrected chi connectivity index (χ1v) is 6.83. The normalized spacial score (nSPS) is 10.3. The molecule has 0 saturated heterocycles. The van der Waals surface area contributed by atoms with E-state index in [0.717, 1.165) is 11.5 Å². The first-order chi connectivity index (χ1) is 9.52. The van der Waals surface area contributed by atoms with E-state index in [9.17, 15) is 9.59 Å². The van der Waals surface area contributed by atoms with Crippen molar-refractivity contribution in [2.24, 2.45) is 0 Å². The number of hydrogen-bond donors (Lipinski definition) is 2. The number of aryl methyl sites for hydroxylation is 1. The Morgan fingerprint density at radius 2 is 2.20 bits per heavy atom. The maximum Gasteiger partial charge on any atom is 0.337 e. The van der Waals surface area contributed by atoms with Crippen LogP contribution in [0.4, 0.5) is 5.69 Å². The quantitative estimate of drug-likeness (QED) is 0.905. The number of carboxylic acid groups (broad SMARTS) is 1. The van der Waals surface area contributed by atoms with E-state index in [1.807, 2.05) is 6.92 Å². The Morgan fingerprint density at radius 1 is 1.45 bits per heavy atom. The van der Waals surface area contributed by atoms with Gasteiger partial charge in [0.2, 0.25) is 0 Å². The van der Waals surface area contributed by atoms with Gasteiger partial charge in [0, 0.05) is 5.02 Å². The second-order valence-corrected chi connectivity index (χ2v) is 5.04. The Bertz CT molecular complexity index is 672. The monoisotopic (exact) mass is 311 g/mol. The zero-order valence-corrected chi connectivity index (χ0v) is 12.0. The van der Waals surface area contributed by atoms with Crippen molar-refractivity contribution in [3.63, 3.8) is 0 Å². The number of aromatic carboxylic acids is 1. The lowest BCUT2D eigenvalue weighted by Gasteiger charge is -2.08. The molecule has 0 saturated carbocycles. The van der Waals surface area contributed by atoms with Crippen molar-refractivity contribution in [3.05, 3.63) is 39.4 Å². The van der Waals surface area contributed by atoms with Crippen LogP contribution < -0.4 is 5.32 Å². The van der Waals surface area contributed by atoms with Crippen LogP contribution in [0.5, 0.6) is 0 Å². The van der Waals surface area contributed by atoms with Crippen LogP contribution in [0.25, 0.3) is 0 Å². The fourth-order valence-corrected chi connectivity index (χ4v) is 2.41. The van der Waals surface area contributed by atoms with Gasteiger partial charge in [-0.1, -0.05) is 23.0 Å². The van der Waals surface area contributed by atoms with E-state index in [-0.39, 0.29) is 16.3 Å². The molecule has 104 valence electrons. The SMILES string of the molecule is CCc1nnsc1C(=O)Nc1ccc(Cl)cc1C(=O)O. The minimum Gasteiger partial charge on any atom is -0.478 e. The smallest absolute Gasteiger partial charge is 0.337 e. The van der Waals surface area contributed by atoms with Gasteiger partial charge in [-0.3, -0.25) is 4.79 Å². The second kappa shape index (κ2) is 5.98. The van der Waals surface area contributed by atoms with Gasteiger partial charge in [-0.25, -0.2) is 4.79 Å². The van der Waals surface area contributed by atoms with Gasteiger partial charge in [0.25, 0.3) is 5.91 Å². The van der Waals surface area contributed by atoms with E-state index < -0.39 is 11.9 Å². The molecule has 1 aromatic heterocycles. The van der Waals surface area contributed by atoms with Crippen molar-refractivity contribution in [2.75, 3.05) is 5.32 Å². The minimum absolute atomic E-state index is 0.0682. The van der Waals surface area contributed by atoms with Crippen LogP contribution in [0.2, 0.25) is 5.02 Å². The number of anilines is 1. The summed E-state index contributed by atoms with van der Waals surface area (Å²) in [7, 11) is 0. The number of halogens is 1. The first kappa shape index (κ1) is 14.4. The van der Waals surface area contributed by atoms with E-state index in [1.54, 1.807) is 0 Å². The predicted molar refractivity (Wildman–Crippen MR) is 75.7 cm³/mol. The number of rotatable bonds is 4. The average molecular weight is 312 g/mol. The second-order valence-electron chi connectivity index (χ2n) is 3.85. The van der Waals surface area contributed by atoms with E-state index in [4.69, 9.17) is 16.7 Å². The highest BCUT2D eigenvalue weighted by Crippen LogP contribution is 2.22. The van der Waals surface area contributed by atoms with Gasteiger partial charge in [-0.15, -0.1) is 5.10 Å². The molecule has 1 amide bonds. The van der Waals surface area contributed by atoms with Gasteiger partial charge in [0.05, 0.1) is 16.9 Å². The van der Waals surface area contributed by atoms with Gasteiger partial charge >= 0.3 is 5.97 Å². The van der Waals surface area contributed by atoms with Crippen LogP contribution in [-0.4, -0.2) is 26.6 Å². The van der Waals surface area contributed by atoms with Crippen molar-refractivity contribution in [1.82, 2.24) is 9.59 Å². The molecule has 0 fully saturated rings. The molecule has 1 heterocycles. The third kappa shape index (κ3) is 2.94. The average Bonchev–Trinajstić information content (AvgIpc) is 2.89. The Kier molecular flexibility index (Phi) is 4.31. The topological polar surface area (TPSA) is 92.2 Å². The van der Waals surface area contributed by atoms with Crippen molar-refractivity contribution < 1.29 is 14.7 Å². The van der Waals surface area contributed by atoms with Gasteiger partial charge < -0.3 is 10.4 Å². The number of aromatic nitrogens is 2. The highest BCUT2D eigenvalue weighted by atomic mass is 35.5. The number of hydrogen-bond acceptors (Lipinski definition) is 5. The summed E-state index contributed by atoms with van der Waals surface area (Å²) in [4.78, 5) is 23.6. The molecule has 20 heavy (non-hydrogen) atoms. The number of carbonyl (C=O) groups excluding carboxylic acids is 1. The number of carboxylic acids is 1. The summed E-state index contributed by atoms with van der Waals surface area (Å²) < 4.78 is 3.72. The zero-order chi connectivity index (χ0) is 14.7. The Labute approximate surface area is 123 Å². The lowest BCUT2D eigenvalue weighted by atomic mass is 10.1. The molecule has 2 aromatic rings. The molecule has 0 aliphatic carbocycles. The zero-order valence-electron chi connectivity index (χ0n) is 10.4.